The fourth-order valence-corrected chi connectivity index (χ4v) is 4.19. The number of anilines is 2. The van der Waals surface area contributed by atoms with E-state index < -0.39 is 16.8 Å². The third-order valence-electron chi connectivity index (χ3n) is 5.30. The van der Waals surface area contributed by atoms with Gasteiger partial charge in [0.1, 0.15) is 16.7 Å². The Balaban J connectivity index is 1.99. The number of furan rings is 1. The Morgan fingerprint density at radius 2 is 1.97 bits per heavy atom. The van der Waals surface area contributed by atoms with Crippen molar-refractivity contribution >= 4 is 28.9 Å². The zero-order chi connectivity index (χ0) is 20.9. The molecule has 1 N–H and O–H groups in total. The van der Waals surface area contributed by atoms with Crippen molar-refractivity contribution in [1.29, 1.82) is 0 Å². The summed E-state index contributed by atoms with van der Waals surface area (Å²) < 4.78 is 5.48. The van der Waals surface area contributed by atoms with Gasteiger partial charge in [0, 0.05) is 24.6 Å². The van der Waals surface area contributed by atoms with Crippen LogP contribution in [0, 0.1) is 15.5 Å². The molecule has 4 rings (SSSR count). The maximum absolute atomic E-state index is 13.2. The number of nitrogens with zero attached hydrogens (tertiary/aromatic N) is 2. The molecule has 2 aromatic rings. The lowest BCUT2D eigenvalue weighted by molar-refractivity contribution is -0.402. The van der Waals surface area contributed by atoms with Crippen molar-refractivity contribution in [3.8, 4) is 0 Å². The summed E-state index contributed by atoms with van der Waals surface area (Å²) in [6.45, 7) is 5.44. The van der Waals surface area contributed by atoms with Crippen LogP contribution >= 0.6 is 0 Å². The minimum absolute atomic E-state index is 0.105. The van der Waals surface area contributed by atoms with E-state index in [0.29, 0.717) is 35.5 Å². The second-order valence-corrected chi connectivity index (χ2v) is 8.20. The molecule has 0 saturated heterocycles. The van der Waals surface area contributed by atoms with Crippen molar-refractivity contribution in [1.82, 2.24) is 0 Å². The number of para-hydroxylation sites is 2. The highest BCUT2D eigenvalue weighted by Crippen LogP contribution is 2.48. The number of rotatable bonds is 2. The lowest BCUT2D eigenvalue weighted by Crippen LogP contribution is -2.38. The molecular weight excluding hydrogens is 374 g/mol. The van der Waals surface area contributed by atoms with Gasteiger partial charge in [0.05, 0.1) is 17.4 Å². The predicted octanol–water partition coefficient (Wildman–Crippen LogP) is 4.35. The van der Waals surface area contributed by atoms with Gasteiger partial charge in [0.15, 0.2) is 5.78 Å². The van der Waals surface area contributed by atoms with Crippen molar-refractivity contribution in [2.45, 2.75) is 39.7 Å². The molecule has 0 fully saturated rings. The van der Waals surface area contributed by atoms with Gasteiger partial charge >= 0.3 is 5.88 Å². The third-order valence-corrected chi connectivity index (χ3v) is 5.30. The molecule has 150 valence electrons. The summed E-state index contributed by atoms with van der Waals surface area (Å²) in [4.78, 5) is 38.0. The minimum Gasteiger partial charge on any atom is -0.403 e. The molecule has 0 radical (unpaired) electrons. The molecule has 1 unspecified atom stereocenters. The topological polar surface area (TPSA) is 106 Å². The van der Waals surface area contributed by atoms with Crippen LogP contribution in [0.5, 0.6) is 0 Å². The Hall–Kier alpha value is -3.42. The molecule has 2 aliphatic rings. The molecule has 1 aromatic carbocycles. The van der Waals surface area contributed by atoms with Gasteiger partial charge in [0.25, 0.3) is 0 Å². The van der Waals surface area contributed by atoms with Crippen LogP contribution in [0.15, 0.2) is 52.1 Å². The van der Waals surface area contributed by atoms with E-state index in [-0.39, 0.29) is 22.9 Å². The molecule has 1 aromatic heterocycles. The largest absolute Gasteiger partial charge is 0.433 e. The van der Waals surface area contributed by atoms with Crippen LogP contribution in [0.25, 0.3) is 0 Å². The minimum atomic E-state index is -0.879. The molecular formula is C21H21N3O5. The van der Waals surface area contributed by atoms with Gasteiger partial charge in [-0.2, -0.15) is 0 Å². The number of carbonyl (C=O) groups excluding carboxylic acids is 2. The zero-order valence-electron chi connectivity index (χ0n) is 16.4. The molecule has 1 aliphatic carbocycles. The number of hydrogen-bond acceptors (Lipinski definition) is 6. The van der Waals surface area contributed by atoms with Crippen LogP contribution in [0.3, 0.4) is 0 Å². The quantitative estimate of drug-likeness (QED) is 0.598. The summed E-state index contributed by atoms with van der Waals surface area (Å²) >= 11 is 0. The van der Waals surface area contributed by atoms with Crippen LogP contribution in [0.2, 0.25) is 0 Å². The Labute approximate surface area is 167 Å². The smallest absolute Gasteiger partial charge is 0.403 e. The first kappa shape index (κ1) is 18.9. The van der Waals surface area contributed by atoms with E-state index in [4.69, 9.17) is 4.42 Å². The van der Waals surface area contributed by atoms with Gasteiger partial charge in [-0.25, -0.2) is 0 Å². The number of Topliss-reactive ketones (excluding diaryl/α,β-unsaturated/α-hetero) is 1. The first-order valence-corrected chi connectivity index (χ1v) is 9.34. The number of nitro groups is 1. The van der Waals surface area contributed by atoms with Crippen molar-refractivity contribution in [3.05, 3.63) is 63.5 Å². The summed E-state index contributed by atoms with van der Waals surface area (Å²) in [5.41, 5.74) is 2.17. The Morgan fingerprint density at radius 3 is 2.62 bits per heavy atom. The molecule has 29 heavy (non-hydrogen) atoms. The normalized spacial score (nSPS) is 20.4. The van der Waals surface area contributed by atoms with Gasteiger partial charge < -0.3 is 9.73 Å². The van der Waals surface area contributed by atoms with Gasteiger partial charge in [-0.1, -0.05) is 26.0 Å². The van der Waals surface area contributed by atoms with E-state index in [1.807, 2.05) is 26.0 Å². The summed E-state index contributed by atoms with van der Waals surface area (Å²) in [7, 11) is 0. The van der Waals surface area contributed by atoms with E-state index in [2.05, 4.69) is 5.32 Å². The number of nitrogens with one attached hydrogen (secondary N) is 1. The Morgan fingerprint density at radius 1 is 1.24 bits per heavy atom. The molecule has 1 aliphatic heterocycles. The molecule has 0 spiro atoms. The average molecular weight is 395 g/mol. The lowest BCUT2D eigenvalue weighted by atomic mass is 9.74. The summed E-state index contributed by atoms with van der Waals surface area (Å²) in [5.74, 6) is -0.646. The standard InChI is InChI=1S/C21H21N3O5/c1-12(25)23-15-7-5-4-6-13(15)22-14-10-21(2,3)11-16(26)19(14)20(23)17-8-9-18(29-17)24(27)28/h4-9,20,22H,10-11H2,1-3H3. The van der Waals surface area contributed by atoms with Crippen molar-refractivity contribution in [3.63, 3.8) is 0 Å². The summed E-state index contributed by atoms with van der Waals surface area (Å²) in [5, 5.41) is 14.5. The number of allylic oxidation sites excluding steroid dienone is 1. The summed E-state index contributed by atoms with van der Waals surface area (Å²) in [6, 6.07) is 9.10. The van der Waals surface area contributed by atoms with E-state index >= 15 is 0 Å². The van der Waals surface area contributed by atoms with Crippen LogP contribution in [0.1, 0.15) is 45.4 Å². The Kier molecular flexibility index (Phi) is 4.29. The SMILES string of the molecule is CC(=O)N1c2ccccc2NC2=C(C(=O)CC(C)(C)C2)C1c1ccc([N+](=O)[O-])o1. The van der Waals surface area contributed by atoms with Gasteiger partial charge in [-0.05, 0) is 30.0 Å². The molecule has 8 heteroatoms. The molecule has 1 atom stereocenters. The second kappa shape index (κ2) is 6.58. The van der Waals surface area contributed by atoms with Crippen LogP contribution in [-0.4, -0.2) is 16.6 Å². The highest BCUT2D eigenvalue weighted by Gasteiger charge is 2.44. The van der Waals surface area contributed by atoms with Crippen LogP contribution < -0.4 is 10.2 Å². The average Bonchev–Trinajstić information content (AvgIpc) is 3.05. The van der Waals surface area contributed by atoms with Crippen LogP contribution in [0.4, 0.5) is 17.3 Å². The van der Waals surface area contributed by atoms with Crippen LogP contribution in [-0.2, 0) is 9.59 Å². The number of carbonyl (C=O) groups is 2. The predicted molar refractivity (Wildman–Crippen MR) is 106 cm³/mol. The van der Waals surface area contributed by atoms with E-state index in [0.717, 1.165) is 0 Å². The molecule has 2 heterocycles. The fraction of sp³-hybridized carbons (Fsp3) is 0.333. The number of amides is 1. The number of ketones is 1. The highest BCUT2D eigenvalue weighted by atomic mass is 16.6. The van der Waals surface area contributed by atoms with Crippen molar-refractivity contribution in [2.75, 3.05) is 10.2 Å². The first-order valence-electron chi connectivity index (χ1n) is 9.34. The zero-order valence-corrected chi connectivity index (χ0v) is 16.4. The monoisotopic (exact) mass is 395 g/mol. The molecule has 0 bridgehead atoms. The highest BCUT2D eigenvalue weighted by molar-refractivity contribution is 6.05. The van der Waals surface area contributed by atoms with Gasteiger partial charge in [-0.15, -0.1) is 0 Å². The van der Waals surface area contributed by atoms with Crippen molar-refractivity contribution < 1.29 is 18.9 Å². The van der Waals surface area contributed by atoms with E-state index in [9.17, 15) is 19.7 Å². The number of fused-ring (bicyclic) bond motifs is 1. The maximum Gasteiger partial charge on any atom is 0.433 e. The maximum atomic E-state index is 13.2. The number of benzene rings is 1. The third kappa shape index (κ3) is 3.20. The fourth-order valence-electron chi connectivity index (χ4n) is 4.19. The molecule has 8 nitrogen and oxygen atoms in total. The number of hydrogen-bond donors (Lipinski definition) is 1. The lowest BCUT2D eigenvalue weighted by Gasteiger charge is -2.35. The molecule has 1 amide bonds. The summed E-state index contributed by atoms with van der Waals surface area (Å²) in [6.07, 6.45) is 0.919. The first-order chi connectivity index (χ1) is 13.7. The molecule has 0 saturated carbocycles. The van der Waals surface area contributed by atoms with Gasteiger partial charge in [0.2, 0.25) is 5.91 Å². The van der Waals surface area contributed by atoms with E-state index in [1.54, 1.807) is 12.1 Å². The second-order valence-electron chi connectivity index (χ2n) is 8.20. The van der Waals surface area contributed by atoms with Crippen molar-refractivity contribution in [2.24, 2.45) is 5.41 Å². The van der Waals surface area contributed by atoms with E-state index in [1.165, 1.54) is 24.0 Å². The Bertz CT molecular complexity index is 1070. The van der Waals surface area contributed by atoms with Gasteiger partial charge in [-0.3, -0.25) is 24.6 Å².